The number of hydrogen-bond donors (Lipinski definition) is 1. The van der Waals surface area contributed by atoms with Crippen molar-refractivity contribution in [1.82, 2.24) is 10.2 Å². The van der Waals surface area contributed by atoms with Gasteiger partial charge in [-0.05, 0) is 37.8 Å². The van der Waals surface area contributed by atoms with E-state index in [4.69, 9.17) is 9.15 Å². The molecule has 1 aliphatic carbocycles. The van der Waals surface area contributed by atoms with E-state index >= 15 is 0 Å². The summed E-state index contributed by atoms with van der Waals surface area (Å²) in [6, 6.07) is 4.00. The van der Waals surface area contributed by atoms with Gasteiger partial charge >= 0.3 is 0 Å². The quantitative estimate of drug-likeness (QED) is 0.879. The third-order valence-corrected chi connectivity index (χ3v) is 7.30. The summed E-state index contributed by atoms with van der Waals surface area (Å²) in [5.74, 6) is 2.57. The van der Waals surface area contributed by atoms with Crippen molar-refractivity contribution in [2.75, 3.05) is 19.6 Å². The van der Waals surface area contributed by atoms with Crippen molar-refractivity contribution in [3.8, 4) is 0 Å². The molecule has 5 rings (SSSR count). The number of amides is 1. The molecule has 0 aromatic carbocycles. The molecule has 26 heavy (non-hydrogen) atoms. The molecule has 5 nitrogen and oxygen atoms in total. The first-order valence-corrected chi connectivity index (χ1v) is 10.4. The average molecular weight is 358 g/mol. The van der Waals surface area contributed by atoms with Gasteiger partial charge in [-0.3, -0.25) is 9.69 Å². The second-order valence-electron chi connectivity index (χ2n) is 8.86. The molecule has 0 unspecified atom stereocenters. The number of nitrogens with one attached hydrogen (secondary N) is 1. The Balaban J connectivity index is 1.21. The Labute approximate surface area is 155 Å². The molecule has 4 atom stereocenters. The normalized spacial score (nSPS) is 37.2. The van der Waals surface area contributed by atoms with Crippen LogP contribution >= 0.6 is 0 Å². The van der Waals surface area contributed by atoms with Gasteiger partial charge in [0.05, 0.1) is 24.5 Å². The van der Waals surface area contributed by atoms with Gasteiger partial charge in [-0.2, -0.15) is 0 Å². The molecular weight excluding hydrogens is 328 g/mol. The van der Waals surface area contributed by atoms with Crippen molar-refractivity contribution in [1.29, 1.82) is 0 Å². The summed E-state index contributed by atoms with van der Waals surface area (Å²) in [5.41, 5.74) is 0.0253. The summed E-state index contributed by atoms with van der Waals surface area (Å²) < 4.78 is 12.0. The Kier molecular flexibility index (Phi) is 4.32. The van der Waals surface area contributed by atoms with E-state index in [0.717, 1.165) is 51.2 Å². The third kappa shape index (κ3) is 2.89. The molecule has 3 aliphatic heterocycles. The number of nitrogens with zero attached hydrogens (tertiary/aromatic N) is 1. The maximum absolute atomic E-state index is 12.6. The zero-order valence-electron chi connectivity index (χ0n) is 15.5. The lowest BCUT2D eigenvalue weighted by atomic mass is 9.73. The average Bonchev–Trinajstić information content (AvgIpc) is 3.42. The van der Waals surface area contributed by atoms with Crippen LogP contribution in [0.1, 0.15) is 50.7 Å². The van der Waals surface area contributed by atoms with Gasteiger partial charge in [0.15, 0.2) is 0 Å². The van der Waals surface area contributed by atoms with Crippen molar-refractivity contribution in [2.24, 2.45) is 17.8 Å². The summed E-state index contributed by atoms with van der Waals surface area (Å²) in [6.07, 6.45) is 10.3. The summed E-state index contributed by atoms with van der Waals surface area (Å²) in [6.45, 7) is 3.71. The number of rotatable bonds is 5. The van der Waals surface area contributed by atoms with Crippen molar-refractivity contribution in [2.45, 2.75) is 63.2 Å². The van der Waals surface area contributed by atoms with E-state index < -0.39 is 0 Å². The van der Waals surface area contributed by atoms with Crippen LogP contribution in [0.5, 0.6) is 0 Å². The minimum Gasteiger partial charge on any atom is -0.468 e. The lowest BCUT2D eigenvalue weighted by Gasteiger charge is -2.30. The second-order valence-corrected chi connectivity index (χ2v) is 8.86. The van der Waals surface area contributed by atoms with Gasteiger partial charge in [0.25, 0.3) is 0 Å². The number of carbonyl (C=O) groups is 1. The van der Waals surface area contributed by atoms with E-state index in [1.807, 2.05) is 12.1 Å². The smallest absolute Gasteiger partial charge is 0.223 e. The summed E-state index contributed by atoms with van der Waals surface area (Å²) >= 11 is 0. The van der Waals surface area contributed by atoms with Gasteiger partial charge in [-0.25, -0.2) is 0 Å². The fourth-order valence-electron chi connectivity index (χ4n) is 6.03. The van der Waals surface area contributed by atoms with Crippen molar-refractivity contribution < 1.29 is 13.9 Å². The van der Waals surface area contributed by atoms with E-state index in [1.165, 1.54) is 25.7 Å². The maximum atomic E-state index is 12.6. The molecule has 4 heterocycles. The number of hydrogen-bond acceptors (Lipinski definition) is 4. The standard InChI is InChI=1S/C21H30N2O3/c24-20(15-5-2-1-3-6-15)22-11-17-18-13-23(12-16-7-4-10-25-16)14-21(18)9-8-19(17)26-21/h4,7,10,15,17-19H,1-3,5-6,8-9,11-14H2,(H,22,24)/t17-,18+,19+,21+/m0/s1. The topological polar surface area (TPSA) is 54.7 Å². The largest absolute Gasteiger partial charge is 0.468 e. The summed E-state index contributed by atoms with van der Waals surface area (Å²) in [5, 5.41) is 3.29. The zero-order chi connectivity index (χ0) is 17.6. The predicted molar refractivity (Wildman–Crippen MR) is 97.4 cm³/mol. The number of furan rings is 1. The van der Waals surface area contributed by atoms with Crippen LogP contribution in [0.15, 0.2) is 22.8 Å². The number of fused-ring (bicyclic) bond motifs is 1. The molecule has 142 valence electrons. The lowest BCUT2D eigenvalue weighted by Crippen LogP contribution is -2.43. The fraction of sp³-hybridized carbons (Fsp3) is 0.762. The van der Waals surface area contributed by atoms with Crippen LogP contribution in [0.3, 0.4) is 0 Å². The van der Waals surface area contributed by atoms with Crippen LogP contribution in [0, 0.1) is 17.8 Å². The van der Waals surface area contributed by atoms with Gasteiger partial charge in [0.1, 0.15) is 5.76 Å². The van der Waals surface area contributed by atoms with Gasteiger partial charge in [-0.15, -0.1) is 0 Å². The van der Waals surface area contributed by atoms with E-state index in [1.54, 1.807) is 6.26 Å². The lowest BCUT2D eigenvalue weighted by molar-refractivity contribution is -0.126. The number of likely N-dealkylation sites (tertiary alicyclic amines) is 1. The molecule has 4 fully saturated rings. The highest BCUT2D eigenvalue weighted by molar-refractivity contribution is 5.78. The van der Waals surface area contributed by atoms with Gasteiger partial charge in [0, 0.05) is 37.4 Å². The molecule has 4 aliphatic rings. The van der Waals surface area contributed by atoms with Crippen LogP contribution in [0.25, 0.3) is 0 Å². The van der Waals surface area contributed by atoms with Gasteiger partial charge < -0.3 is 14.5 Å². The molecule has 5 heteroatoms. The van der Waals surface area contributed by atoms with E-state index in [2.05, 4.69) is 10.2 Å². The van der Waals surface area contributed by atoms with Crippen molar-refractivity contribution in [3.05, 3.63) is 24.2 Å². The van der Waals surface area contributed by atoms with Crippen LogP contribution in [-0.2, 0) is 16.1 Å². The summed E-state index contributed by atoms with van der Waals surface area (Å²) in [4.78, 5) is 15.0. The van der Waals surface area contributed by atoms with E-state index in [0.29, 0.717) is 17.9 Å². The fourth-order valence-corrected chi connectivity index (χ4v) is 6.03. The Morgan fingerprint density at radius 1 is 1.27 bits per heavy atom. The van der Waals surface area contributed by atoms with Crippen LogP contribution in [-0.4, -0.2) is 42.1 Å². The minimum atomic E-state index is 0.0253. The Morgan fingerprint density at radius 3 is 2.96 bits per heavy atom. The minimum absolute atomic E-state index is 0.0253. The molecule has 0 radical (unpaired) electrons. The third-order valence-electron chi connectivity index (χ3n) is 7.30. The van der Waals surface area contributed by atoms with E-state index in [9.17, 15) is 4.79 Å². The molecule has 1 aromatic rings. The first-order chi connectivity index (χ1) is 12.7. The molecule has 1 amide bonds. The van der Waals surface area contributed by atoms with Crippen LogP contribution in [0.4, 0.5) is 0 Å². The molecule has 1 aromatic heterocycles. The van der Waals surface area contributed by atoms with E-state index in [-0.39, 0.29) is 17.4 Å². The predicted octanol–water partition coefficient (Wildman–Crippen LogP) is 2.96. The second kappa shape index (κ2) is 6.68. The Morgan fingerprint density at radius 2 is 2.15 bits per heavy atom. The molecular formula is C21H30N2O3. The molecule has 2 bridgehead atoms. The van der Waals surface area contributed by atoms with Gasteiger partial charge in [-0.1, -0.05) is 19.3 Å². The van der Waals surface area contributed by atoms with Gasteiger partial charge in [0.2, 0.25) is 5.91 Å². The number of carbonyl (C=O) groups excluding carboxylic acids is 1. The zero-order valence-corrected chi connectivity index (χ0v) is 15.5. The Bertz CT molecular complexity index is 640. The highest BCUT2D eigenvalue weighted by Crippen LogP contribution is 2.54. The van der Waals surface area contributed by atoms with Crippen LogP contribution < -0.4 is 5.32 Å². The summed E-state index contributed by atoms with van der Waals surface area (Å²) in [7, 11) is 0. The molecule has 1 spiro atoms. The molecule has 1 saturated carbocycles. The Hall–Kier alpha value is -1.33. The van der Waals surface area contributed by atoms with Crippen molar-refractivity contribution >= 4 is 5.91 Å². The van der Waals surface area contributed by atoms with Crippen LogP contribution in [0.2, 0.25) is 0 Å². The molecule has 3 saturated heterocycles. The highest BCUT2D eigenvalue weighted by Gasteiger charge is 2.62. The number of ether oxygens (including phenoxy) is 1. The SMILES string of the molecule is O=C(NC[C@H]1[C@H]2CN(Cc3ccco3)C[C@]23CC[C@H]1O3)C1CCCCC1. The first-order valence-electron chi connectivity index (χ1n) is 10.4. The first kappa shape index (κ1) is 16.8. The van der Waals surface area contributed by atoms with Crippen molar-refractivity contribution in [3.63, 3.8) is 0 Å². The molecule has 1 N–H and O–H groups in total. The highest BCUT2D eigenvalue weighted by atomic mass is 16.5. The maximum Gasteiger partial charge on any atom is 0.223 e. The monoisotopic (exact) mass is 358 g/mol.